The minimum atomic E-state index is 0.199. The maximum Gasteiger partial charge on any atom is 0.0701 e. The molecule has 1 atom stereocenters. The summed E-state index contributed by atoms with van der Waals surface area (Å²) in [7, 11) is 0. The van der Waals surface area contributed by atoms with Crippen LogP contribution in [0.25, 0.3) is 0 Å². The predicted octanol–water partition coefficient (Wildman–Crippen LogP) is 3.92. The van der Waals surface area contributed by atoms with Gasteiger partial charge < -0.3 is 0 Å². The lowest BCUT2D eigenvalue weighted by Crippen LogP contribution is -2.29. The number of thiophene rings is 2. The zero-order chi connectivity index (χ0) is 11.5. The van der Waals surface area contributed by atoms with Crippen LogP contribution in [0.4, 0.5) is 0 Å². The molecule has 6 heteroatoms. The van der Waals surface area contributed by atoms with E-state index < -0.39 is 0 Å². The highest BCUT2D eigenvalue weighted by Gasteiger charge is 2.13. The maximum absolute atomic E-state index is 5.61. The summed E-state index contributed by atoms with van der Waals surface area (Å²) in [6.07, 6.45) is 0.930. The number of halogens is 2. The van der Waals surface area contributed by atoms with E-state index in [1.807, 2.05) is 0 Å². The number of hydrogen-bond acceptors (Lipinski definition) is 4. The van der Waals surface area contributed by atoms with Crippen LogP contribution in [-0.2, 0) is 6.42 Å². The largest absolute Gasteiger partial charge is 0.271 e. The second-order valence-electron chi connectivity index (χ2n) is 3.31. The Kier molecular flexibility index (Phi) is 4.80. The first-order chi connectivity index (χ1) is 7.69. The van der Waals surface area contributed by atoms with E-state index in [9.17, 15) is 0 Å². The second kappa shape index (κ2) is 5.92. The van der Waals surface area contributed by atoms with Gasteiger partial charge in [-0.1, -0.05) is 0 Å². The van der Waals surface area contributed by atoms with E-state index in [0.717, 1.165) is 10.2 Å². The van der Waals surface area contributed by atoms with E-state index in [-0.39, 0.29) is 6.04 Å². The molecule has 2 nitrogen and oxygen atoms in total. The molecule has 2 heterocycles. The summed E-state index contributed by atoms with van der Waals surface area (Å²) in [5, 5.41) is 2.16. The second-order valence-corrected chi connectivity index (χ2v) is 8.67. The lowest BCUT2D eigenvalue weighted by molar-refractivity contribution is 0.557. The van der Waals surface area contributed by atoms with Crippen LogP contribution in [0, 0.1) is 2.88 Å². The average molecular weight is 429 g/mol. The average Bonchev–Trinajstić information content (AvgIpc) is 2.84. The van der Waals surface area contributed by atoms with Crippen molar-refractivity contribution in [2.45, 2.75) is 12.5 Å². The van der Waals surface area contributed by atoms with Gasteiger partial charge in [0.1, 0.15) is 0 Å². The molecular formula is C10H10BrIN2S2. The molecule has 2 aromatic heterocycles. The fourth-order valence-electron chi connectivity index (χ4n) is 1.44. The van der Waals surface area contributed by atoms with E-state index in [2.05, 4.69) is 67.5 Å². The highest BCUT2D eigenvalue weighted by atomic mass is 127. The van der Waals surface area contributed by atoms with Gasteiger partial charge in [0.15, 0.2) is 0 Å². The van der Waals surface area contributed by atoms with Crippen LogP contribution < -0.4 is 11.3 Å². The van der Waals surface area contributed by atoms with Crippen LogP contribution in [0.3, 0.4) is 0 Å². The van der Waals surface area contributed by atoms with Crippen molar-refractivity contribution in [3.8, 4) is 0 Å². The molecule has 2 rings (SSSR count). The van der Waals surface area contributed by atoms with Gasteiger partial charge in [-0.2, -0.15) is 0 Å². The van der Waals surface area contributed by atoms with Crippen molar-refractivity contribution in [2.75, 3.05) is 0 Å². The third-order valence-corrected chi connectivity index (χ3v) is 5.68. The summed E-state index contributed by atoms with van der Waals surface area (Å²) in [6.45, 7) is 0. The standard InChI is InChI=1S/C10H10BrIN2S2/c11-9-2-1-7(16-9)4-8(14-13)6-3-10(12)15-5-6/h1-3,5,8,14H,4,13H2. The van der Waals surface area contributed by atoms with E-state index >= 15 is 0 Å². The Morgan fingerprint density at radius 2 is 2.31 bits per heavy atom. The van der Waals surface area contributed by atoms with Crippen molar-refractivity contribution < 1.29 is 0 Å². The molecule has 1 unspecified atom stereocenters. The smallest absolute Gasteiger partial charge is 0.0701 e. The highest BCUT2D eigenvalue weighted by molar-refractivity contribution is 14.1. The molecule has 3 N–H and O–H groups in total. The molecule has 86 valence electrons. The molecule has 0 aromatic carbocycles. The van der Waals surface area contributed by atoms with Gasteiger partial charge >= 0.3 is 0 Å². The van der Waals surface area contributed by atoms with Gasteiger partial charge in [-0.25, -0.2) is 0 Å². The summed E-state index contributed by atoms with van der Waals surface area (Å²) in [6, 6.07) is 6.59. The third-order valence-electron chi connectivity index (χ3n) is 2.23. The minimum Gasteiger partial charge on any atom is -0.271 e. The fourth-order valence-corrected chi connectivity index (χ4v) is 4.40. The summed E-state index contributed by atoms with van der Waals surface area (Å²) in [5.41, 5.74) is 4.15. The predicted molar refractivity (Wildman–Crippen MR) is 82.8 cm³/mol. The Bertz CT molecular complexity index is 469. The number of nitrogens with two attached hydrogens (primary N) is 1. The molecule has 0 spiro atoms. The lowest BCUT2D eigenvalue weighted by atomic mass is 10.1. The highest BCUT2D eigenvalue weighted by Crippen LogP contribution is 2.28. The molecule has 0 aliphatic heterocycles. The van der Waals surface area contributed by atoms with Crippen molar-refractivity contribution in [2.24, 2.45) is 5.84 Å². The molecule has 0 amide bonds. The van der Waals surface area contributed by atoms with E-state index in [1.165, 1.54) is 13.3 Å². The zero-order valence-corrected chi connectivity index (χ0v) is 13.6. The Hall–Kier alpha value is 0.530. The summed E-state index contributed by atoms with van der Waals surface area (Å²) >= 11 is 9.31. The van der Waals surface area contributed by atoms with Crippen molar-refractivity contribution in [3.05, 3.63) is 40.7 Å². The first-order valence-electron chi connectivity index (χ1n) is 4.63. The van der Waals surface area contributed by atoms with Crippen LogP contribution in [0.5, 0.6) is 0 Å². The molecule has 16 heavy (non-hydrogen) atoms. The van der Waals surface area contributed by atoms with Gasteiger partial charge in [0.25, 0.3) is 0 Å². The molecule has 0 aliphatic rings. The van der Waals surface area contributed by atoms with Crippen LogP contribution in [0.15, 0.2) is 27.4 Å². The lowest BCUT2D eigenvalue weighted by Gasteiger charge is -2.13. The molecule has 0 bridgehead atoms. The van der Waals surface area contributed by atoms with Gasteiger partial charge in [0, 0.05) is 11.3 Å². The van der Waals surface area contributed by atoms with Gasteiger partial charge in [0.2, 0.25) is 0 Å². The van der Waals surface area contributed by atoms with Crippen molar-refractivity contribution in [1.82, 2.24) is 5.43 Å². The Labute approximate surface area is 124 Å². The van der Waals surface area contributed by atoms with Crippen LogP contribution in [0.1, 0.15) is 16.5 Å². The molecular weight excluding hydrogens is 419 g/mol. The summed E-state index contributed by atoms with van der Waals surface area (Å²) in [5.74, 6) is 5.61. The Morgan fingerprint density at radius 3 is 2.81 bits per heavy atom. The molecule has 0 saturated heterocycles. The number of rotatable bonds is 4. The Balaban J connectivity index is 2.12. The SMILES string of the molecule is NNC(Cc1ccc(Br)s1)c1csc(I)c1. The van der Waals surface area contributed by atoms with E-state index in [4.69, 9.17) is 5.84 Å². The van der Waals surface area contributed by atoms with Crippen molar-refractivity contribution in [3.63, 3.8) is 0 Å². The van der Waals surface area contributed by atoms with Crippen molar-refractivity contribution in [1.29, 1.82) is 0 Å². The summed E-state index contributed by atoms with van der Waals surface area (Å²) in [4.78, 5) is 1.33. The van der Waals surface area contributed by atoms with E-state index in [0.29, 0.717) is 0 Å². The first-order valence-corrected chi connectivity index (χ1v) is 8.20. The van der Waals surface area contributed by atoms with Crippen LogP contribution >= 0.6 is 61.2 Å². The Morgan fingerprint density at radius 1 is 1.50 bits per heavy atom. The van der Waals surface area contributed by atoms with Crippen LogP contribution in [0.2, 0.25) is 0 Å². The van der Waals surface area contributed by atoms with Crippen molar-refractivity contribution >= 4 is 61.2 Å². The maximum atomic E-state index is 5.61. The van der Waals surface area contributed by atoms with Gasteiger partial charge in [-0.3, -0.25) is 11.3 Å². The quantitative estimate of drug-likeness (QED) is 0.440. The zero-order valence-electron chi connectivity index (χ0n) is 8.24. The van der Waals surface area contributed by atoms with Gasteiger partial charge in [0.05, 0.1) is 12.7 Å². The third kappa shape index (κ3) is 3.27. The van der Waals surface area contributed by atoms with Gasteiger partial charge in [-0.05, 0) is 67.7 Å². The molecule has 0 aliphatic carbocycles. The van der Waals surface area contributed by atoms with Crippen LogP contribution in [-0.4, -0.2) is 0 Å². The molecule has 0 saturated carbocycles. The number of hydrazine groups is 1. The topological polar surface area (TPSA) is 38.0 Å². The minimum absolute atomic E-state index is 0.199. The molecule has 2 aromatic rings. The van der Waals surface area contributed by atoms with Gasteiger partial charge in [-0.15, -0.1) is 22.7 Å². The van der Waals surface area contributed by atoms with E-state index in [1.54, 1.807) is 22.7 Å². The fraction of sp³-hybridized carbons (Fsp3) is 0.200. The molecule has 0 fully saturated rings. The number of nitrogens with one attached hydrogen (secondary N) is 1. The summed E-state index contributed by atoms with van der Waals surface area (Å²) < 4.78 is 2.46. The number of hydrogen-bond donors (Lipinski definition) is 2. The first kappa shape index (κ1) is 13.0. The monoisotopic (exact) mass is 428 g/mol. The normalized spacial score (nSPS) is 12.9. The molecule has 0 radical (unpaired) electrons.